The van der Waals surface area contributed by atoms with Crippen molar-refractivity contribution in [2.45, 2.75) is 32.5 Å². The fourth-order valence-electron chi connectivity index (χ4n) is 1.51. The number of halogens is 2. The van der Waals surface area contributed by atoms with Crippen LogP contribution in [-0.2, 0) is 4.74 Å². The molecule has 0 aliphatic carbocycles. The van der Waals surface area contributed by atoms with E-state index in [9.17, 15) is 8.78 Å². The van der Waals surface area contributed by atoms with Crippen molar-refractivity contribution in [3.05, 3.63) is 0 Å². The van der Waals surface area contributed by atoms with Crippen LogP contribution in [0, 0.1) is 0 Å². The predicted octanol–water partition coefficient (Wildman–Crippen LogP) is 1.71. The van der Waals surface area contributed by atoms with E-state index in [1.54, 1.807) is 0 Å². The second kappa shape index (κ2) is 4.72. The van der Waals surface area contributed by atoms with Gasteiger partial charge in [0.15, 0.2) is 0 Å². The Morgan fingerprint density at radius 3 is 2.42 bits per heavy atom. The van der Waals surface area contributed by atoms with Crippen LogP contribution in [0.2, 0.25) is 0 Å². The summed E-state index contributed by atoms with van der Waals surface area (Å²) in [4.78, 5) is 2.24. The zero-order valence-electron chi connectivity index (χ0n) is 7.30. The van der Waals surface area contributed by atoms with E-state index in [0.29, 0.717) is 0 Å². The number of alkyl halides is 2. The number of ether oxygens (including phenoxy) is 1. The molecule has 1 aliphatic heterocycles. The van der Waals surface area contributed by atoms with E-state index in [1.165, 1.54) is 0 Å². The van der Waals surface area contributed by atoms with Gasteiger partial charge in [0.25, 0.3) is 0 Å². The van der Waals surface area contributed by atoms with Crippen LogP contribution in [0.15, 0.2) is 0 Å². The Kier molecular flexibility index (Phi) is 3.88. The molecule has 0 spiro atoms. The number of nitrogens with zero attached hydrogens (tertiary/aromatic N) is 1. The first kappa shape index (κ1) is 9.86. The lowest BCUT2D eigenvalue weighted by atomic mass is 10.1. The van der Waals surface area contributed by atoms with E-state index in [-0.39, 0.29) is 6.10 Å². The van der Waals surface area contributed by atoms with Gasteiger partial charge in [-0.3, -0.25) is 0 Å². The molecule has 0 aromatic carbocycles. The average Bonchev–Trinajstić information content (AvgIpc) is 2.05. The van der Waals surface area contributed by atoms with Crippen molar-refractivity contribution >= 4 is 0 Å². The summed E-state index contributed by atoms with van der Waals surface area (Å²) in [5.74, 6) is 0. The maximum atomic E-state index is 11.8. The number of likely N-dealkylation sites (tertiary alicyclic amines) is 1. The van der Waals surface area contributed by atoms with Gasteiger partial charge in [0.1, 0.15) is 0 Å². The summed E-state index contributed by atoms with van der Waals surface area (Å²) in [7, 11) is 0. The molecule has 0 saturated carbocycles. The molecule has 0 atom stereocenters. The number of rotatable bonds is 3. The van der Waals surface area contributed by atoms with Crippen LogP contribution >= 0.6 is 0 Å². The fourth-order valence-corrected chi connectivity index (χ4v) is 1.51. The minimum absolute atomic E-state index is 0.229. The van der Waals surface area contributed by atoms with Crippen molar-refractivity contribution in [3.63, 3.8) is 0 Å². The standard InChI is InChI=1S/C8H15F2NO/c1-2-11-5-3-7(4-6-11)12-8(9)10/h7-8H,2-6H2,1H3. The second-order valence-electron chi connectivity index (χ2n) is 3.03. The molecule has 12 heavy (non-hydrogen) atoms. The minimum Gasteiger partial charge on any atom is -0.320 e. The van der Waals surface area contributed by atoms with Gasteiger partial charge in [0.05, 0.1) is 6.10 Å². The third kappa shape index (κ3) is 3.03. The van der Waals surface area contributed by atoms with Crippen molar-refractivity contribution in [3.8, 4) is 0 Å². The van der Waals surface area contributed by atoms with Crippen LogP contribution < -0.4 is 0 Å². The summed E-state index contributed by atoms with van der Waals surface area (Å²) < 4.78 is 27.9. The quantitative estimate of drug-likeness (QED) is 0.654. The highest BCUT2D eigenvalue weighted by atomic mass is 19.3. The van der Waals surface area contributed by atoms with Gasteiger partial charge in [-0.1, -0.05) is 6.92 Å². The van der Waals surface area contributed by atoms with Gasteiger partial charge in [-0.2, -0.15) is 8.78 Å². The molecule has 0 N–H and O–H groups in total. The van der Waals surface area contributed by atoms with Crippen LogP contribution in [0.25, 0.3) is 0 Å². The van der Waals surface area contributed by atoms with Crippen molar-refractivity contribution in [2.24, 2.45) is 0 Å². The topological polar surface area (TPSA) is 12.5 Å². The van der Waals surface area contributed by atoms with E-state index in [2.05, 4.69) is 16.6 Å². The van der Waals surface area contributed by atoms with Crippen LogP contribution in [-0.4, -0.2) is 37.2 Å². The first-order valence-corrected chi connectivity index (χ1v) is 4.38. The molecule has 1 saturated heterocycles. The molecule has 0 bridgehead atoms. The third-order valence-corrected chi connectivity index (χ3v) is 2.28. The van der Waals surface area contributed by atoms with Crippen LogP contribution in [0.5, 0.6) is 0 Å². The van der Waals surface area contributed by atoms with E-state index >= 15 is 0 Å². The Labute approximate surface area is 71.5 Å². The zero-order chi connectivity index (χ0) is 8.97. The van der Waals surface area contributed by atoms with Gasteiger partial charge >= 0.3 is 6.61 Å². The molecule has 0 aromatic rings. The molecule has 0 aromatic heterocycles. The Morgan fingerprint density at radius 1 is 1.42 bits per heavy atom. The highest BCUT2D eigenvalue weighted by Crippen LogP contribution is 2.15. The predicted molar refractivity (Wildman–Crippen MR) is 42.2 cm³/mol. The molecule has 72 valence electrons. The molecule has 0 radical (unpaired) electrons. The third-order valence-electron chi connectivity index (χ3n) is 2.28. The smallest absolute Gasteiger partial charge is 0.320 e. The van der Waals surface area contributed by atoms with Crippen molar-refractivity contribution in [2.75, 3.05) is 19.6 Å². The van der Waals surface area contributed by atoms with Crippen molar-refractivity contribution in [1.82, 2.24) is 4.90 Å². The van der Waals surface area contributed by atoms with Gasteiger partial charge in [0, 0.05) is 13.1 Å². The van der Waals surface area contributed by atoms with Gasteiger partial charge in [-0.25, -0.2) is 0 Å². The molecular weight excluding hydrogens is 164 g/mol. The maximum Gasteiger partial charge on any atom is 0.345 e. The summed E-state index contributed by atoms with van der Waals surface area (Å²) in [5, 5.41) is 0. The molecule has 1 heterocycles. The van der Waals surface area contributed by atoms with Gasteiger partial charge in [0.2, 0.25) is 0 Å². The molecular formula is C8H15F2NO. The maximum absolute atomic E-state index is 11.8. The summed E-state index contributed by atoms with van der Waals surface area (Å²) >= 11 is 0. The van der Waals surface area contributed by atoms with Crippen LogP contribution in [0.3, 0.4) is 0 Å². The molecule has 1 rings (SSSR count). The molecule has 4 heteroatoms. The number of hydrogen-bond acceptors (Lipinski definition) is 2. The first-order chi connectivity index (χ1) is 5.72. The van der Waals surface area contributed by atoms with E-state index < -0.39 is 6.61 Å². The SMILES string of the molecule is CCN1CCC(OC(F)F)CC1. The summed E-state index contributed by atoms with van der Waals surface area (Å²) in [6.45, 7) is 2.24. The second-order valence-corrected chi connectivity index (χ2v) is 3.03. The lowest BCUT2D eigenvalue weighted by molar-refractivity contribution is -0.172. The lowest BCUT2D eigenvalue weighted by Gasteiger charge is -2.30. The minimum atomic E-state index is -2.61. The highest BCUT2D eigenvalue weighted by molar-refractivity contribution is 4.71. The number of hydrogen-bond donors (Lipinski definition) is 0. The summed E-state index contributed by atoms with van der Waals surface area (Å²) in [5.41, 5.74) is 0. The average molecular weight is 179 g/mol. The molecule has 1 fully saturated rings. The summed E-state index contributed by atoms with van der Waals surface area (Å²) in [6, 6.07) is 0. The van der Waals surface area contributed by atoms with Crippen LogP contribution in [0.4, 0.5) is 8.78 Å². The lowest BCUT2D eigenvalue weighted by Crippen LogP contribution is -2.37. The van der Waals surface area contributed by atoms with E-state index in [0.717, 1.165) is 32.5 Å². The molecule has 0 amide bonds. The van der Waals surface area contributed by atoms with Crippen molar-refractivity contribution < 1.29 is 13.5 Å². The largest absolute Gasteiger partial charge is 0.345 e. The Hall–Kier alpha value is -0.220. The Morgan fingerprint density at radius 2 is 2.00 bits per heavy atom. The molecule has 2 nitrogen and oxygen atoms in total. The monoisotopic (exact) mass is 179 g/mol. The zero-order valence-corrected chi connectivity index (χ0v) is 7.30. The van der Waals surface area contributed by atoms with Crippen LogP contribution in [0.1, 0.15) is 19.8 Å². The van der Waals surface area contributed by atoms with Gasteiger partial charge in [-0.05, 0) is 19.4 Å². The normalized spacial score (nSPS) is 22.0. The van der Waals surface area contributed by atoms with Gasteiger partial charge < -0.3 is 9.64 Å². The van der Waals surface area contributed by atoms with E-state index in [4.69, 9.17) is 0 Å². The highest BCUT2D eigenvalue weighted by Gasteiger charge is 2.21. The Balaban J connectivity index is 2.17. The van der Waals surface area contributed by atoms with Gasteiger partial charge in [-0.15, -0.1) is 0 Å². The fraction of sp³-hybridized carbons (Fsp3) is 1.00. The Bertz CT molecular complexity index is 124. The first-order valence-electron chi connectivity index (χ1n) is 4.38. The molecule has 0 unspecified atom stereocenters. The van der Waals surface area contributed by atoms with Crippen molar-refractivity contribution in [1.29, 1.82) is 0 Å². The molecule has 1 aliphatic rings. The number of piperidine rings is 1. The summed E-state index contributed by atoms with van der Waals surface area (Å²) in [6.07, 6.45) is 1.24. The van der Waals surface area contributed by atoms with E-state index in [1.807, 2.05) is 0 Å².